The minimum Gasteiger partial charge on any atom is -0.478 e. The molecule has 0 aliphatic carbocycles. The van der Waals surface area contributed by atoms with Crippen LogP contribution in [0.3, 0.4) is 0 Å². The number of rotatable bonds is 8. The van der Waals surface area contributed by atoms with Gasteiger partial charge < -0.3 is 9.84 Å². The highest BCUT2D eigenvalue weighted by Gasteiger charge is 2.16. The van der Waals surface area contributed by atoms with Gasteiger partial charge in [-0.1, -0.05) is 13.8 Å². The van der Waals surface area contributed by atoms with E-state index in [0.29, 0.717) is 5.92 Å². The highest BCUT2D eigenvalue weighted by molar-refractivity contribution is 5.87. The quantitative estimate of drug-likeness (QED) is 0.767. The molecule has 27 heavy (non-hydrogen) atoms. The van der Waals surface area contributed by atoms with Crippen molar-refractivity contribution in [3.63, 3.8) is 0 Å². The second-order valence-corrected chi connectivity index (χ2v) is 7.34. The van der Waals surface area contributed by atoms with Crippen LogP contribution in [0.15, 0.2) is 24.3 Å². The number of hydrogen-bond acceptors (Lipinski definition) is 5. The molecule has 0 atom stereocenters. The zero-order valence-electron chi connectivity index (χ0n) is 16.1. The number of morpholine rings is 1. The molecule has 1 aromatic heterocycles. The Hall–Kier alpha value is -2.25. The lowest BCUT2D eigenvalue weighted by molar-refractivity contribution is 0.0381. The van der Waals surface area contributed by atoms with Crippen LogP contribution < -0.4 is 0 Å². The van der Waals surface area contributed by atoms with Crippen LogP contribution in [0.4, 0.5) is 0 Å². The van der Waals surface area contributed by atoms with Crippen LogP contribution in [0.5, 0.6) is 0 Å². The number of aromatic nitrogens is 3. The summed E-state index contributed by atoms with van der Waals surface area (Å²) in [4.78, 5) is 18.3. The molecule has 1 saturated heterocycles. The van der Waals surface area contributed by atoms with E-state index < -0.39 is 5.97 Å². The van der Waals surface area contributed by atoms with Crippen molar-refractivity contribution in [3.05, 3.63) is 41.5 Å². The van der Waals surface area contributed by atoms with Crippen molar-refractivity contribution in [3.8, 4) is 5.69 Å². The van der Waals surface area contributed by atoms with E-state index in [9.17, 15) is 4.79 Å². The smallest absolute Gasteiger partial charge is 0.335 e. The Morgan fingerprint density at radius 3 is 2.52 bits per heavy atom. The molecule has 1 N–H and O–H groups in total. The third kappa shape index (κ3) is 5.37. The van der Waals surface area contributed by atoms with E-state index in [2.05, 4.69) is 18.7 Å². The van der Waals surface area contributed by atoms with Crippen molar-refractivity contribution >= 4 is 5.97 Å². The molecule has 2 heterocycles. The standard InChI is InChI=1S/C20H28N4O3/c1-15(2)3-8-18-21-19(9-10-23-11-13-27-14-12-23)24(22-18)17-6-4-16(5-7-17)20(25)26/h4-7,15H,3,8-14H2,1-2H3,(H,25,26). The lowest BCUT2D eigenvalue weighted by atomic mass is 10.1. The molecule has 0 spiro atoms. The van der Waals surface area contributed by atoms with Gasteiger partial charge in [0, 0.05) is 32.5 Å². The Kier molecular flexibility index (Phi) is 6.58. The first-order chi connectivity index (χ1) is 13.0. The number of aromatic carboxylic acids is 1. The van der Waals surface area contributed by atoms with Crippen LogP contribution in [0.1, 0.15) is 42.3 Å². The van der Waals surface area contributed by atoms with E-state index in [0.717, 1.165) is 69.4 Å². The average Bonchev–Trinajstić information content (AvgIpc) is 3.09. The molecule has 1 fully saturated rings. The van der Waals surface area contributed by atoms with Gasteiger partial charge in [0.2, 0.25) is 0 Å². The summed E-state index contributed by atoms with van der Waals surface area (Å²) in [7, 11) is 0. The van der Waals surface area contributed by atoms with Gasteiger partial charge in [0.05, 0.1) is 24.5 Å². The molecule has 1 aromatic carbocycles. The summed E-state index contributed by atoms with van der Waals surface area (Å²) in [6.45, 7) is 8.76. The van der Waals surface area contributed by atoms with E-state index in [4.69, 9.17) is 19.9 Å². The average molecular weight is 372 g/mol. The fourth-order valence-electron chi connectivity index (χ4n) is 3.11. The van der Waals surface area contributed by atoms with Gasteiger partial charge in [-0.05, 0) is 36.6 Å². The first-order valence-electron chi connectivity index (χ1n) is 9.61. The van der Waals surface area contributed by atoms with Gasteiger partial charge >= 0.3 is 5.97 Å². The third-order valence-electron chi connectivity index (χ3n) is 4.78. The summed E-state index contributed by atoms with van der Waals surface area (Å²) < 4.78 is 7.27. The number of hydrogen-bond donors (Lipinski definition) is 1. The Labute approximate surface area is 160 Å². The molecule has 1 aliphatic rings. The van der Waals surface area contributed by atoms with Gasteiger partial charge in [-0.15, -0.1) is 0 Å². The van der Waals surface area contributed by atoms with Crippen molar-refractivity contribution in [2.45, 2.75) is 33.1 Å². The van der Waals surface area contributed by atoms with Gasteiger partial charge in [0.25, 0.3) is 0 Å². The van der Waals surface area contributed by atoms with Crippen molar-refractivity contribution < 1.29 is 14.6 Å². The van der Waals surface area contributed by atoms with Gasteiger partial charge in [-0.3, -0.25) is 4.90 Å². The first kappa shape index (κ1) is 19.5. The SMILES string of the molecule is CC(C)CCc1nc(CCN2CCOCC2)n(-c2ccc(C(=O)O)cc2)n1. The maximum absolute atomic E-state index is 11.1. The molecule has 0 unspecified atom stereocenters. The van der Waals surface area contributed by atoms with Crippen LogP contribution in [0.2, 0.25) is 0 Å². The van der Waals surface area contributed by atoms with Crippen molar-refractivity contribution in [1.29, 1.82) is 0 Å². The monoisotopic (exact) mass is 372 g/mol. The lowest BCUT2D eigenvalue weighted by Gasteiger charge is -2.26. The van der Waals surface area contributed by atoms with Crippen LogP contribution in [0.25, 0.3) is 5.69 Å². The maximum atomic E-state index is 11.1. The number of nitrogens with zero attached hydrogens (tertiary/aromatic N) is 4. The van der Waals surface area contributed by atoms with Crippen LogP contribution >= 0.6 is 0 Å². The summed E-state index contributed by atoms with van der Waals surface area (Å²) in [5.74, 6) is 1.44. The molecule has 0 amide bonds. The van der Waals surface area contributed by atoms with Crippen LogP contribution in [0, 0.1) is 5.92 Å². The minimum atomic E-state index is -0.926. The number of carboxylic acid groups (broad SMARTS) is 1. The summed E-state index contributed by atoms with van der Waals surface area (Å²) in [5.41, 5.74) is 1.12. The second-order valence-electron chi connectivity index (χ2n) is 7.34. The predicted molar refractivity (Wildman–Crippen MR) is 102 cm³/mol. The Morgan fingerprint density at radius 1 is 1.19 bits per heavy atom. The molecule has 1 aliphatic heterocycles. The van der Waals surface area contributed by atoms with Crippen molar-refractivity contribution in [2.24, 2.45) is 5.92 Å². The normalized spacial score (nSPS) is 15.4. The summed E-state index contributed by atoms with van der Waals surface area (Å²) >= 11 is 0. The largest absolute Gasteiger partial charge is 0.478 e. The summed E-state index contributed by atoms with van der Waals surface area (Å²) in [5, 5.41) is 13.8. The number of carbonyl (C=O) groups is 1. The minimum absolute atomic E-state index is 0.272. The number of carboxylic acids is 1. The molecule has 2 aromatic rings. The lowest BCUT2D eigenvalue weighted by Crippen LogP contribution is -2.37. The molecule has 0 radical (unpaired) electrons. The highest BCUT2D eigenvalue weighted by Crippen LogP contribution is 2.15. The molecule has 0 bridgehead atoms. The fourth-order valence-corrected chi connectivity index (χ4v) is 3.11. The van der Waals surface area contributed by atoms with Gasteiger partial charge in [0.1, 0.15) is 5.82 Å². The van der Waals surface area contributed by atoms with E-state index in [1.807, 2.05) is 4.68 Å². The number of ether oxygens (including phenoxy) is 1. The van der Waals surface area contributed by atoms with Crippen LogP contribution in [-0.4, -0.2) is 63.6 Å². The van der Waals surface area contributed by atoms with Gasteiger partial charge in [0.15, 0.2) is 5.82 Å². The zero-order valence-corrected chi connectivity index (χ0v) is 16.1. The second kappa shape index (κ2) is 9.10. The molecular formula is C20H28N4O3. The van der Waals surface area contributed by atoms with Gasteiger partial charge in [-0.2, -0.15) is 5.10 Å². The van der Waals surface area contributed by atoms with Crippen LogP contribution in [-0.2, 0) is 17.6 Å². The van der Waals surface area contributed by atoms with Crippen molar-refractivity contribution in [1.82, 2.24) is 19.7 Å². The van der Waals surface area contributed by atoms with Gasteiger partial charge in [-0.25, -0.2) is 14.5 Å². The Bertz CT molecular complexity index is 749. The Balaban J connectivity index is 1.79. The van der Waals surface area contributed by atoms with E-state index in [1.54, 1.807) is 24.3 Å². The van der Waals surface area contributed by atoms with E-state index in [-0.39, 0.29) is 5.56 Å². The number of benzene rings is 1. The fraction of sp³-hybridized carbons (Fsp3) is 0.550. The molecule has 146 valence electrons. The first-order valence-corrected chi connectivity index (χ1v) is 9.61. The zero-order chi connectivity index (χ0) is 19.2. The molecule has 7 nitrogen and oxygen atoms in total. The third-order valence-corrected chi connectivity index (χ3v) is 4.78. The van der Waals surface area contributed by atoms with E-state index in [1.165, 1.54) is 0 Å². The van der Waals surface area contributed by atoms with Crippen molar-refractivity contribution in [2.75, 3.05) is 32.8 Å². The molecular weight excluding hydrogens is 344 g/mol. The topological polar surface area (TPSA) is 80.5 Å². The molecule has 3 rings (SSSR count). The molecule has 0 saturated carbocycles. The summed E-state index contributed by atoms with van der Waals surface area (Å²) in [6, 6.07) is 6.81. The highest BCUT2D eigenvalue weighted by atomic mass is 16.5. The molecule has 7 heteroatoms. The Morgan fingerprint density at radius 2 is 1.89 bits per heavy atom. The van der Waals surface area contributed by atoms with E-state index >= 15 is 0 Å². The number of aryl methyl sites for hydroxylation is 1. The predicted octanol–water partition coefficient (Wildman–Crippen LogP) is 2.43. The summed E-state index contributed by atoms with van der Waals surface area (Å²) in [6.07, 6.45) is 2.70. The maximum Gasteiger partial charge on any atom is 0.335 e.